The van der Waals surface area contributed by atoms with Gasteiger partial charge in [-0.15, -0.1) is 0 Å². The lowest BCUT2D eigenvalue weighted by molar-refractivity contribution is -0.114. The van der Waals surface area contributed by atoms with E-state index in [2.05, 4.69) is 41.8 Å². The minimum absolute atomic E-state index is 0.103. The van der Waals surface area contributed by atoms with E-state index in [0.29, 0.717) is 17.8 Å². The monoisotopic (exact) mass is 398 g/mol. The molecule has 0 aliphatic rings. The van der Waals surface area contributed by atoms with E-state index < -0.39 is 0 Å². The zero-order valence-electron chi connectivity index (χ0n) is 17.0. The lowest BCUT2D eigenvalue weighted by Crippen LogP contribution is -2.24. The molecule has 0 aromatic heterocycles. The normalized spacial score (nSPS) is 10.5. The van der Waals surface area contributed by atoms with Gasteiger partial charge in [0.1, 0.15) is 0 Å². The van der Waals surface area contributed by atoms with Crippen LogP contribution in [0.4, 0.5) is 5.69 Å². The Bertz CT molecular complexity index is 788. The number of benzene rings is 2. The topological polar surface area (TPSA) is 58.2 Å². The van der Waals surface area contributed by atoms with Crippen LogP contribution in [0.1, 0.15) is 61.9 Å². The average Bonchev–Trinajstić information content (AvgIpc) is 2.67. The molecule has 0 saturated carbocycles. The number of carbonyl (C=O) groups is 2. The first-order valence-electron chi connectivity index (χ1n) is 9.94. The van der Waals surface area contributed by atoms with E-state index in [1.165, 1.54) is 31.7 Å². The fourth-order valence-electron chi connectivity index (χ4n) is 2.81. The van der Waals surface area contributed by atoms with Crippen molar-refractivity contribution in [2.45, 2.75) is 62.7 Å². The number of hydrogen-bond donors (Lipinski definition) is 2. The lowest BCUT2D eigenvalue weighted by Gasteiger charge is -2.12. The summed E-state index contributed by atoms with van der Waals surface area (Å²) >= 11 is 1.57. The zero-order chi connectivity index (χ0) is 20.4. The second-order valence-electron chi connectivity index (χ2n) is 6.98. The molecule has 0 bridgehead atoms. The second kappa shape index (κ2) is 11.5. The summed E-state index contributed by atoms with van der Waals surface area (Å²) in [5, 5.41) is 5.82. The number of aryl methyl sites for hydroxylation is 1. The van der Waals surface area contributed by atoms with E-state index in [0.717, 1.165) is 22.6 Å². The quantitative estimate of drug-likeness (QED) is 0.497. The maximum atomic E-state index is 12.4. The molecule has 0 atom stereocenters. The Balaban J connectivity index is 2.04. The van der Waals surface area contributed by atoms with Crippen LogP contribution in [0.15, 0.2) is 52.3 Å². The highest BCUT2D eigenvalue weighted by atomic mass is 32.2. The average molecular weight is 399 g/mol. The maximum Gasteiger partial charge on any atom is 0.251 e. The van der Waals surface area contributed by atoms with Crippen molar-refractivity contribution in [2.75, 3.05) is 11.9 Å². The Labute approximate surface area is 172 Å². The summed E-state index contributed by atoms with van der Waals surface area (Å²) in [5.74, 6) is -0.256. The van der Waals surface area contributed by atoms with E-state index >= 15 is 0 Å². The predicted molar refractivity (Wildman–Crippen MR) is 117 cm³/mol. The van der Waals surface area contributed by atoms with Gasteiger partial charge < -0.3 is 10.6 Å². The number of amides is 2. The first-order valence-corrected chi connectivity index (χ1v) is 10.8. The zero-order valence-corrected chi connectivity index (χ0v) is 17.8. The van der Waals surface area contributed by atoms with Crippen LogP contribution in [0.2, 0.25) is 0 Å². The number of hydrogen-bond acceptors (Lipinski definition) is 3. The van der Waals surface area contributed by atoms with Gasteiger partial charge in [-0.25, -0.2) is 0 Å². The van der Waals surface area contributed by atoms with Gasteiger partial charge in [-0.05, 0) is 43.7 Å². The van der Waals surface area contributed by atoms with Crippen molar-refractivity contribution in [1.29, 1.82) is 0 Å². The smallest absolute Gasteiger partial charge is 0.251 e. The first kappa shape index (κ1) is 22.0. The Morgan fingerprint density at radius 1 is 0.964 bits per heavy atom. The largest absolute Gasteiger partial charge is 0.352 e. The van der Waals surface area contributed by atoms with Gasteiger partial charge in [0.2, 0.25) is 5.91 Å². The molecule has 2 N–H and O–H groups in total. The van der Waals surface area contributed by atoms with Gasteiger partial charge in [-0.3, -0.25) is 9.59 Å². The highest BCUT2D eigenvalue weighted by Crippen LogP contribution is 2.34. The molecule has 0 aliphatic carbocycles. The molecule has 0 unspecified atom stereocenters. The summed E-state index contributed by atoms with van der Waals surface area (Å²) in [6.07, 6.45) is 5.80. The maximum absolute atomic E-state index is 12.4. The van der Waals surface area contributed by atoms with Gasteiger partial charge in [-0.2, -0.15) is 0 Å². The van der Waals surface area contributed by atoms with Crippen molar-refractivity contribution in [3.05, 3.63) is 53.6 Å². The van der Waals surface area contributed by atoms with Crippen LogP contribution in [-0.2, 0) is 4.79 Å². The summed E-state index contributed by atoms with van der Waals surface area (Å²) < 4.78 is 0. The molecular weight excluding hydrogens is 368 g/mol. The van der Waals surface area contributed by atoms with Gasteiger partial charge in [0.05, 0.1) is 5.69 Å². The molecule has 2 rings (SSSR count). The molecule has 2 aromatic carbocycles. The fourth-order valence-corrected chi connectivity index (χ4v) is 3.70. The minimum Gasteiger partial charge on any atom is -0.352 e. The highest BCUT2D eigenvalue weighted by molar-refractivity contribution is 7.99. The van der Waals surface area contributed by atoms with Crippen LogP contribution in [0.25, 0.3) is 0 Å². The van der Waals surface area contributed by atoms with Gasteiger partial charge >= 0.3 is 0 Å². The van der Waals surface area contributed by atoms with Crippen molar-refractivity contribution in [3.8, 4) is 0 Å². The van der Waals surface area contributed by atoms with Crippen LogP contribution in [-0.4, -0.2) is 18.4 Å². The molecule has 28 heavy (non-hydrogen) atoms. The van der Waals surface area contributed by atoms with Crippen molar-refractivity contribution in [3.63, 3.8) is 0 Å². The SMILES string of the molecule is CCCCCCCNC(=O)c1ccc(Sc2ccc(C)cc2)c(NC(C)=O)c1. The number of nitrogens with one attached hydrogen (secondary N) is 2. The Hall–Kier alpha value is -2.27. The first-order chi connectivity index (χ1) is 13.5. The number of rotatable bonds is 10. The van der Waals surface area contributed by atoms with Crippen molar-refractivity contribution in [1.82, 2.24) is 5.32 Å². The molecule has 0 aliphatic heterocycles. The van der Waals surface area contributed by atoms with Gasteiger partial charge in [0, 0.05) is 28.8 Å². The summed E-state index contributed by atoms with van der Waals surface area (Å²) in [7, 11) is 0. The highest BCUT2D eigenvalue weighted by Gasteiger charge is 2.12. The van der Waals surface area contributed by atoms with Crippen LogP contribution in [0.5, 0.6) is 0 Å². The molecule has 0 spiro atoms. The number of carbonyl (C=O) groups excluding carboxylic acids is 2. The summed E-state index contributed by atoms with van der Waals surface area (Å²) in [4.78, 5) is 26.1. The Morgan fingerprint density at radius 2 is 1.68 bits per heavy atom. The summed E-state index contributed by atoms with van der Waals surface area (Å²) in [6.45, 7) is 6.39. The summed E-state index contributed by atoms with van der Waals surface area (Å²) in [5.41, 5.74) is 2.42. The molecule has 0 saturated heterocycles. The fraction of sp³-hybridized carbons (Fsp3) is 0.391. The Kier molecular flexibility index (Phi) is 9.08. The molecule has 2 aromatic rings. The number of unbranched alkanes of at least 4 members (excludes halogenated alkanes) is 4. The summed E-state index contributed by atoms with van der Waals surface area (Å²) in [6, 6.07) is 13.7. The van der Waals surface area contributed by atoms with E-state index in [-0.39, 0.29) is 11.8 Å². The van der Waals surface area contributed by atoms with E-state index in [1.807, 2.05) is 19.1 Å². The van der Waals surface area contributed by atoms with Crippen molar-refractivity contribution < 1.29 is 9.59 Å². The minimum atomic E-state index is -0.153. The molecule has 150 valence electrons. The van der Waals surface area contributed by atoms with E-state index in [9.17, 15) is 9.59 Å². The van der Waals surface area contributed by atoms with E-state index in [1.54, 1.807) is 17.8 Å². The molecule has 0 radical (unpaired) electrons. The number of anilines is 1. The molecule has 2 amide bonds. The van der Waals surface area contributed by atoms with Crippen molar-refractivity contribution in [2.24, 2.45) is 0 Å². The third-order valence-corrected chi connectivity index (χ3v) is 5.45. The van der Waals surface area contributed by atoms with Crippen LogP contribution < -0.4 is 10.6 Å². The van der Waals surface area contributed by atoms with Gasteiger partial charge in [0.25, 0.3) is 5.91 Å². The molecule has 5 heteroatoms. The van der Waals surface area contributed by atoms with Gasteiger partial charge in [-0.1, -0.05) is 62.1 Å². The van der Waals surface area contributed by atoms with Crippen LogP contribution in [0.3, 0.4) is 0 Å². The molecule has 0 heterocycles. The Morgan fingerprint density at radius 3 is 2.36 bits per heavy atom. The van der Waals surface area contributed by atoms with E-state index in [4.69, 9.17) is 0 Å². The third kappa shape index (κ3) is 7.39. The van der Waals surface area contributed by atoms with Crippen LogP contribution in [0, 0.1) is 6.92 Å². The molecular formula is C23H30N2O2S. The standard InChI is InChI=1S/C23H30N2O2S/c1-4-5-6-7-8-15-24-23(27)19-11-14-22(21(16-19)25-18(3)26)28-20-12-9-17(2)10-13-20/h9-14,16H,4-8,15H2,1-3H3,(H,24,27)(H,25,26). The third-order valence-electron chi connectivity index (χ3n) is 4.37. The van der Waals surface area contributed by atoms with Gasteiger partial charge in [0.15, 0.2) is 0 Å². The lowest BCUT2D eigenvalue weighted by atomic mass is 10.1. The molecule has 4 nitrogen and oxygen atoms in total. The van der Waals surface area contributed by atoms with Crippen LogP contribution >= 0.6 is 11.8 Å². The second-order valence-corrected chi connectivity index (χ2v) is 8.09. The predicted octanol–water partition coefficient (Wildman–Crippen LogP) is 5.80. The van der Waals surface area contributed by atoms with Crippen molar-refractivity contribution >= 4 is 29.3 Å². The molecule has 0 fully saturated rings.